The number of nitro groups is 1. The van der Waals surface area contributed by atoms with E-state index >= 15 is 0 Å². The summed E-state index contributed by atoms with van der Waals surface area (Å²) in [6.07, 6.45) is 0.765. The van der Waals surface area contributed by atoms with E-state index in [0.717, 1.165) is 12.0 Å². The molecule has 0 aliphatic heterocycles. The van der Waals surface area contributed by atoms with E-state index in [4.69, 9.17) is 4.74 Å². The number of nitro benzene ring substituents is 1. The van der Waals surface area contributed by atoms with Crippen molar-refractivity contribution in [3.05, 3.63) is 64.2 Å². The lowest BCUT2D eigenvalue weighted by molar-refractivity contribution is -0.384. The van der Waals surface area contributed by atoms with Crippen molar-refractivity contribution in [2.24, 2.45) is 5.92 Å². The predicted octanol–water partition coefficient (Wildman–Crippen LogP) is 3.74. The molecular formula is C18H18N2O4. The van der Waals surface area contributed by atoms with Crippen LogP contribution in [0.3, 0.4) is 0 Å². The number of nitrogens with zero attached hydrogens (tertiary/aromatic N) is 1. The maximum Gasteiger partial charge on any atom is 0.296 e. The van der Waals surface area contributed by atoms with E-state index in [1.54, 1.807) is 13.0 Å². The highest BCUT2D eigenvalue weighted by Crippen LogP contribution is 2.48. The number of amides is 1. The summed E-state index contributed by atoms with van der Waals surface area (Å²) in [6, 6.07) is 14.3. The lowest BCUT2D eigenvalue weighted by Crippen LogP contribution is -2.15. The topological polar surface area (TPSA) is 81.5 Å². The second kappa shape index (κ2) is 6.70. The molecule has 6 heteroatoms. The Morgan fingerprint density at radius 3 is 2.71 bits per heavy atom. The molecule has 1 amide bonds. The molecule has 1 aliphatic carbocycles. The Bertz CT molecular complexity index is 761. The van der Waals surface area contributed by atoms with E-state index in [0.29, 0.717) is 12.4 Å². The first-order valence-corrected chi connectivity index (χ1v) is 7.87. The van der Waals surface area contributed by atoms with E-state index in [2.05, 4.69) is 5.32 Å². The third kappa shape index (κ3) is 3.37. The van der Waals surface area contributed by atoms with Crippen molar-refractivity contribution in [2.45, 2.75) is 19.3 Å². The first-order chi connectivity index (χ1) is 11.6. The summed E-state index contributed by atoms with van der Waals surface area (Å²) in [5.41, 5.74) is 1.16. The minimum Gasteiger partial charge on any atom is -0.494 e. The van der Waals surface area contributed by atoms with Crippen LogP contribution in [0.15, 0.2) is 48.5 Å². The second-order valence-electron chi connectivity index (χ2n) is 5.72. The molecule has 6 nitrogen and oxygen atoms in total. The molecule has 0 saturated heterocycles. The minimum absolute atomic E-state index is 0.140. The molecule has 124 valence electrons. The van der Waals surface area contributed by atoms with Crippen LogP contribution in [0.25, 0.3) is 0 Å². The monoisotopic (exact) mass is 326 g/mol. The fourth-order valence-electron chi connectivity index (χ4n) is 2.80. The number of carbonyl (C=O) groups is 1. The zero-order chi connectivity index (χ0) is 17.1. The van der Waals surface area contributed by atoms with Crippen LogP contribution in [0.1, 0.15) is 24.8 Å². The minimum atomic E-state index is -0.514. The molecule has 0 aromatic heterocycles. The number of carbonyl (C=O) groups excluding carboxylic acids is 1. The molecule has 2 aromatic rings. The molecule has 2 unspecified atom stereocenters. The maximum absolute atomic E-state index is 12.4. The number of rotatable bonds is 6. The Hall–Kier alpha value is -2.89. The Labute approximate surface area is 139 Å². The van der Waals surface area contributed by atoms with Crippen molar-refractivity contribution in [1.82, 2.24) is 0 Å². The number of nitrogens with one attached hydrogen (secondary N) is 1. The zero-order valence-corrected chi connectivity index (χ0v) is 13.3. The molecule has 0 spiro atoms. The number of benzene rings is 2. The first kappa shape index (κ1) is 16.0. The number of ether oxygens (including phenoxy) is 1. The Balaban J connectivity index is 1.72. The van der Waals surface area contributed by atoms with Crippen molar-refractivity contribution in [2.75, 3.05) is 11.9 Å². The molecule has 0 radical (unpaired) electrons. The molecule has 3 rings (SSSR count). The molecule has 1 saturated carbocycles. The Morgan fingerprint density at radius 2 is 2.04 bits per heavy atom. The maximum atomic E-state index is 12.4. The van der Waals surface area contributed by atoms with Crippen LogP contribution in [0.5, 0.6) is 5.75 Å². The fraction of sp³-hybridized carbons (Fsp3) is 0.278. The molecule has 24 heavy (non-hydrogen) atoms. The van der Waals surface area contributed by atoms with Crippen molar-refractivity contribution in [1.29, 1.82) is 0 Å². The van der Waals surface area contributed by atoms with Crippen LogP contribution in [-0.2, 0) is 4.79 Å². The summed E-state index contributed by atoms with van der Waals surface area (Å²) >= 11 is 0. The van der Waals surface area contributed by atoms with E-state index in [-0.39, 0.29) is 29.1 Å². The molecule has 2 aromatic carbocycles. The van der Waals surface area contributed by atoms with Gasteiger partial charge in [0.25, 0.3) is 5.69 Å². The van der Waals surface area contributed by atoms with E-state index in [1.165, 1.54) is 12.1 Å². The van der Waals surface area contributed by atoms with Gasteiger partial charge in [0.1, 0.15) is 11.4 Å². The third-order valence-corrected chi connectivity index (χ3v) is 4.09. The van der Waals surface area contributed by atoms with Crippen LogP contribution in [0, 0.1) is 16.0 Å². The number of hydrogen-bond donors (Lipinski definition) is 1. The van der Waals surface area contributed by atoms with Gasteiger partial charge in [0.15, 0.2) is 0 Å². The third-order valence-electron chi connectivity index (χ3n) is 4.09. The van der Waals surface area contributed by atoms with Gasteiger partial charge >= 0.3 is 0 Å². The molecule has 1 aliphatic rings. The quantitative estimate of drug-likeness (QED) is 0.647. The summed E-state index contributed by atoms with van der Waals surface area (Å²) in [7, 11) is 0. The largest absolute Gasteiger partial charge is 0.494 e. The van der Waals surface area contributed by atoms with Gasteiger partial charge in [-0.3, -0.25) is 14.9 Å². The number of anilines is 1. The van der Waals surface area contributed by atoms with Gasteiger partial charge in [-0.2, -0.15) is 0 Å². The van der Waals surface area contributed by atoms with Crippen LogP contribution in [0.2, 0.25) is 0 Å². The average Bonchev–Trinajstić information content (AvgIpc) is 3.38. The first-order valence-electron chi connectivity index (χ1n) is 7.87. The molecular weight excluding hydrogens is 308 g/mol. The molecule has 0 bridgehead atoms. The SMILES string of the molecule is CCOc1ccc(NC(=O)C2CC2c2ccccc2)c([N+](=O)[O-])c1. The summed E-state index contributed by atoms with van der Waals surface area (Å²) < 4.78 is 5.27. The second-order valence-corrected chi connectivity index (χ2v) is 5.72. The normalized spacial score (nSPS) is 18.7. The van der Waals surface area contributed by atoms with Gasteiger partial charge in [-0.25, -0.2) is 0 Å². The lowest BCUT2D eigenvalue weighted by Gasteiger charge is -2.08. The van der Waals surface area contributed by atoms with Crippen molar-refractivity contribution >= 4 is 17.3 Å². The van der Waals surface area contributed by atoms with E-state index in [9.17, 15) is 14.9 Å². The fourth-order valence-corrected chi connectivity index (χ4v) is 2.80. The molecule has 2 atom stereocenters. The predicted molar refractivity (Wildman–Crippen MR) is 90.2 cm³/mol. The molecule has 1 N–H and O–H groups in total. The average molecular weight is 326 g/mol. The smallest absolute Gasteiger partial charge is 0.296 e. The van der Waals surface area contributed by atoms with E-state index in [1.807, 2.05) is 30.3 Å². The van der Waals surface area contributed by atoms with Crippen LogP contribution in [0.4, 0.5) is 11.4 Å². The highest BCUT2D eigenvalue weighted by Gasteiger charge is 2.44. The summed E-state index contributed by atoms with van der Waals surface area (Å²) in [5, 5.41) is 13.9. The van der Waals surface area contributed by atoms with Crippen LogP contribution < -0.4 is 10.1 Å². The highest BCUT2D eigenvalue weighted by atomic mass is 16.6. The molecule has 0 heterocycles. The van der Waals surface area contributed by atoms with Gasteiger partial charge in [-0.15, -0.1) is 0 Å². The summed E-state index contributed by atoms with van der Waals surface area (Å²) in [5.74, 6) is 0.276. The summed E-state index contributed by atoms with van der Waals surface area (Å²) in [6.45, 7) is 2.22. The van der Waals surface area contributed by atoms with Gasteiger partial charge in [0.2, 0.25) is 5.91 Å². The van der Waals surface area contributed by atoms with Gasteiger partial charge < -0.3 is 10.1 Å². The Morgan fingerprint density at radius 1 is 1.29 bits per heavy atom. The van der Waals surface area contributed by atoms with Gasteiger partial charge in [-0.05, 0) is 37.0 Å². The van der Waals surface area contributed by atoms with Crippen molar-refractivity contribution in [3.63, 3.8) is 0 Å². The van der Waals surface area contributed by atoms with E-state index < -0.39 is 4.92 Å². The van der Waals surface area contributed by atoms with Crippen molar-refractivity contribution in [3.8, 4) is 5.75 Å². The van der Waals surface area contributed by atoms with Crippen molar-refractivity contribution < 1.29 is 14.5 Å². The highest BCUT2D eigenvalue weighted by molar-refractivity contribution is 5.97. The van der Waals surface area contributed by atoms with Gasteiger partial charge in [0, 0.05) is 5.92 Å². The zero-order valence-electron chi connectivity index (χ0n) is 13.3. The standard InChI is InChI=1S/C18H18N2O4/c1-2-24-13-8-9-16(17(10-13)20(22)23)19-18(21)15-11-14(15)12-6-4-3-5-7-12/h3-10,14-15H,2,11H2,1H3,(H,19,21). The summed E-state index contributed by atoms with van der Waals surface area (Å²) in [4.78, 5) is 23.1. The molecule has 1 fully saturated rings. The van der Waals surface area contributed by atoms with Gasteiger partial charge in [0.05, 0.1) is 17.6 Å². The lowest BCUT2D eigenvalue weighted by atomic mass is 10.1. The van der Waals surface area contributed by atoms with Crippen LogP contribution in [-0.4, -0.2) is 17.4 Å². The Kier molecular flexibility index (Phi) is 4.46. The van der Waals surface area contributed by atoms with Gasteiger partial charge in [-0.1, -0.05) is 30.3 Å². The van der Waals surface area contributed by atoms with Crippen LogP contribution >= 0.6 is 0 Å². The number of hydrogen-bond acceptors (Lipinski definition) is 4.